The monoisotopic (exact) mass is 255 g/mol. The van der Waals surface area contributed by atoms with Crippen LogP contribution < -0.4 is 14.8 Å². The Balaban J connectivity index is 2.69. The SMILES string of the molecule is CCNCc1ccc(OCCCF)c(OCC)c1. The van der Waals surface area contributed by atoms with Crippen LogP contribution in [0.1, 0.15) is 25.8 Å². The van der Waals surface area contributed by atoms with Gasteiger partial charge in [-0.25, -0.2) is 0 Å². The van der Waals surface area contributed by atoms with E-state index in [0.29, 0.717) is 25.4 Å². The number of nitrogens with one attached hydrogen (secondary N) is 1. The van der Waals surface area contributed by atoms with Crippen LogP contribution in [0.15, 0.2) is 18.2 Å². The zero-order chi connectivity index (χ0) is 13.2. The molecule has 0 saturated heterocycles. The van der Waals surface area contributed by atoms with Crippen molar-refractivity contribution in [1.82, 2.24) is 5.32 Å². The minimum absolute atomic E-state index is 0.359. The fourth-order valence-corrected chi connectivity index (χ4v) is 1.56. The van der Waals surface area contributed by atoms with Crippen molar-refractivity contribution in [2.45, 2.75) is 26.8 Å². The molecule has 1 aromatic carbocycles. The molecule has 0 fully saturated rings. The summed E-state index contributed by atoms with van der Waals surface area (Å²) < 4.78 is 23.1. The van der Waals surface area contributed by atoms with Crippen LogP contribution in [-0.4, -0.2) is 26.4 Å². The van der Waals surface area contributed by atoms with Gasteiger partial charge in [-0.1, -0.05) is 13.0 Å². The normalized spacial score (nSPS) is 10.4. The third-order valence-electron chi connectivity index (χ3n) is 2.42. The molecule has 1 N–H and O–H groups in total. The van der Waals surface area contributed by atoms with E-state index in [0.717, 1.165) is 24.4 Å². The quantitative estimate of drug-likeness (QED) is 0.688. The van der Waals surface area contributed by atoms with Gasteiger partial charge in [-0.3, -0.25) is 4.39 Å². The highest BCUT2D eigenvalue weighted by molar-refractivity contribution is 5.43. The summed E-state index contributed by atoms with van der Waals surface area (Å²) in [5.41, 5.74) is 1.15. The summed E-state index contributed by atoms with van der Waals surface area (Å²) in [5, 5.41) is 3.26. The average Bonchev–Trinajstić information content (AvgIpc) is 2.39. The Kier molecular flexibility index (Phi) is 7.18. The number of benzene rings is 1. The molecule has 0 amide bonds. The zero-order valence-electron chi connectivity index (χ0n) is 11.2. The summed E-state index contributed by atoms with van der Waals surface area (Å²) in [4.78, 5) is 0. The van der Waals surface area contributed by atoms with Gasteiger partial charge < -0.3 is 14.8 Å². The lowest BCUT2D eigenvalue weighted by Gasteiger charge is -2.13. The van der Waals surface area contributed by atoms with Gasteiger partial charge in [-0.2, -0.15) is 0 Å². The van der Waals surface area contributed by atoms with Crippen molar-refractivity contribution in [1.29, 1.82) is 0 Å². The van der Waals surface area contributed by atoms with Gasteiger partial charge in [0.25, 0.3) is 0 Å². The summed E-state index contributed by atoms with van der Waals surface area (Å²) in [6.07, 6.45) is 0.407. The molecule has 0 saturated carbocycles. The van der Waals surface area contributed by atoms with E-state index >= 15 is 0 Å². The second-order valence-corrected chi connectivity index (χ2v) is 3.89. The summed E-state index contributed by atoms with van der Waals surface area (Å²) >= 11 is 0. The first-order valence-corrected chi connectivity index (χ1v) is 6.47. The maximum Gasteiger partial charge on any atom is 0.161 e. The van der Waals surface area contributed by atoms with Gasteiger partial charge >= 0.3 is 0 Å². The molecule has 0 heterocycles. The molecule has 0 aliphatic rings. The zero-order valence-corrected chi connectivity index (χ0v) is 11.2. The molecule has 0 bridgehead atoms. The van der Waals surface area contributed by atoms with Gasteiger partial charge in [0.1, 0.15) is 0 Å². The van der Waals surface area contributed by atoms with Gasteiger partial charge in [-0.05, 0) is 31.2 Å². The molecule has 0 radical (unpaired) electrons. The first kappa shape index (κ1) is 14.8. The van der Waals surface area contributed by atoms with Gasteiger partial charge in [0.05, 0.1) is 19.9 Å². The lowest BCUT2D eigenvalue weighted by atomic mass is 10.2. The number of halogens is 1. The van der Waals surface area contributed by atoms with Gasteiger partial charge in [-0.15, -0.1) is 0 Å². The molecule has 3 nitrogen and oxygen atoms in total. The fourth-order valence-electron chi connectivity index (χ4n) is 1.56. The standard InChI is InChI=1S/C14H22FNO2/c1-3-16-11-12-6-7-13(18-9-5-8-15)14(10-12)17-4-2/h6-7,10,16H,3-5,8-9,11H2,1-2H3. The van der Waals surface area contributed by atoms with E-state index in [1.165, 1.54) is 0 Å². The van der Waals surface area contributed by atoms with Crippen LogP contribution in [0.3, 0.4) is 0 Å². The Morgan fingerprint density at radius 3 is 2.67 bits per heavy atom. The molecule has 102 valence electrons. The first-order chi connectivity index (χ1) is 8.81. The van der Waals surface area contributed by atoms with Gasteiger partial charge in [0.15, 0.2) is 11.5 Å². The lowest BCUT2D eigenvalue weighted by Crippen LogP contribution is -2.12. The van der Waals surface area contributed by atoms with Crippen molar-refractivity contribution in [2.24, 2.45) is 0 Å². The van der Waals surface area contributed by atoms with Crippen LogP contribution in [0.5, 0.6) is 11.5 Å². The molecule has 0 aliphatic heterocycles. The minimum Gasteiger partial charge on any atom is -0.490 e. The molecule has 4 heteroatoms. The van der Waals surface area contributed by atoms with E-state index in [1.54, 1.807) is 0 Å². The van der Waals surface area contributed by atoms with Gasteiger partial charge in [0, 0.05) is 13.0 Å². The number of rotatable bonds is 9. The number of hydrogen-bond donors (Lipinski definition) is 1. The highest BCUT2D eigenvalue weighted by Crippen LogP contribution is 2.28. The first-order valence-electron chi connectivity index (χ1n) is 6.47. The van der Waals surface area contributed by atoms with Crippen LogP contribution in [0.4, 0.5) is 4.39 Å². The lowest BCUT2D eigenvalue weighted by molar-refractivity contribution is 0.262. The van der Waals surface area contributed by atoms with Crippen molar-refractivity contribution in [3.8, 4) is 11.5 Å². The maximum atomic E-state index is 12.0. The van der Waals surface area contributed by atoms with E-state index in [2.05, 4.69) is 12.2 Å². The Hall–Kier alpha value is -1.29. The smallest absolute Gasteiger partial charge is 0.161 e. The molecule has 0 atom stereocenters. The van der Waals surface area contributed by atoms with E-state index in [9.17, 15) is 4.39 Å². The van der Waals surface area contributed by atoms with Crippen molar-refractivity contribution < 1.29 is 13.9 Å². The van der Waals surface area contributed by atoms with Crippen LogP contribution in [0.2, 0.25) is 0 Å². The maximum absolute atomic E-state index is 12.0. The van der Waals surface area contributed by atoms with E-state index in [1.807, 2.05) is 25.1 Å². The molecular weight excluding hydrogens is 233 g/mol. The number of ether oxygens (including phenoxy) is 2. The molecule has 18 heavy (non-hydrogen) atoms. The molecule has 0 unspecified atom stereocenters. The van der Waals surface area contributed by atoms with Crippen molar-refractivity contribution in [3.63, 3.8) is 0 Å². The summed E-state index contributed by atoms with van der Waals surface area (Å²) in [7, 11) is 0. The Bertz CT molecular complexity index is 345. The van der Waals surface area contributed by atoms with E-state index < -0.39 is 0 Å². The summed E-state index contributed by atoms with van der Waals surface area (Å²) in [6, 6.07) is 5.85. The van der Waals surface area contributed by atoms with E-state index in [4.69, 9.17) is 9.47 Å². The van der Waals surface area contributed by atoms with Crippen molar-refractivity contribution >= 4 is 0 Å². The van der Waals surface area contributed by atoms with Crippen molar-refractivity contribution in [2.75, 3.05) is 26.4 Å². The topological polar surface area (TPSA) is 30.5 Å². The summed E-state index contributed by atoms with van der Waals surface area (Å²) in [6.45, 7) is 6.34. The molecule has 0 spiro atoms. The third kappa shape index (κ3) is 4.92. The molecule has 0 aliphatic carbocycles. The highest BCUT2D eigenvalue weighted by Gasteiger charge is 2.06. The minimum atomic E-state index is -0.359. The Morgan fingerprint density at radius 2 is 2.00 bits per heavy atom. The largest absolute Gasteiger partial charge is 0.490 e. The Labute approximate surface area is 108 Å². The molecule has 1 rings (SSSR count). The third-order valence-corrected chi connectivity index (χ3v) is 2.42. The second kappa shape index (κ2) is 8.75. The van der Waals surface area contributed by atoms with Crippen LogP contribution in [0.25, 0.3) is 0 Å². The van der Waals surface area contributed by atoms with Crippen LogP contribution in [0, 0.1) is 0 Å². The second-order valence-electron chi connectivity index (χ2n) is 3.89. The predicted molar refractivity (Wildman–Crippen MR) is 71.1 cm³/mol. The average molecular weight is 255 g/mol. The molecular formula is C14H22FNO2. The summed E-state index contributed by atoms with van der Waals surface area (Å²) in [5.74, 6) is 1.41. The number of alkyl halides is 1. The predicted octanol–water partition coefficient (Wildman–Crippen LogP) is 2.93. The fraction of sp³-hybridized carbons (Fsp3) is 0.571. The van der Waals surface area contributed by atoms with Crippen LogP contribution >= 0.6 is 0 Å². The van der Waals surface area contributed by atoms with Gasteiger partial charge in [0.2, 0.25) is 0 Å². The van der Waals surface area contributed by atoms with Crippen molar-refractivity contribution in [3.05, 3.63) is 23.8 Å². The molecule has 0 aromatic heterocycles. The highest BCUT2D eigenvalue weighted by atomic mass is 19.1. The Morgan fingerprint density at radius 1 is 1.17 bits per heavy atom. The van der Waals surface area contributed by atoms with Crippen LogP contribution in [-0.2, 0) is 6.54 Å². The van der Waals surface area contributed by atoms with E-state index in [-0.39, 0.29) is 6.67 Å². The number of hydrogen-bond acceptors (Lipinski definition) is 3. The molecule has 1 aromatic rings.